The predicted octanol–water partition coefficient (Wildman–Crippen LogP) is 3.62. The van der Waals surface area contributed by atoms with E-state index < -0.39 is 24.5 Å². The van der Waals surface area contributed by atoms with Crippen molar-refractivity contribution in [3.05, 3.63) is 47.4 Å². The van der Waals surface area contributed by atoms with Crippen LogP contribution in [0.2, 0.25) is 0 Å². The molecule has 0 aromatic carbocycles. The van der Waals surface area contributed by atoms with E-state index in [2.05, 4.69) is 32.2 Å². The monoisotopic (exact) mass is 475 g/mol. The van der Waals surface area contributed by atoms with Gasteiger partial charge < -0.3 is 14.8 Å². The Morgan fingerprint density at radius 2 is 2.00 bits per heavy atom. The second-order valence-corrected chi connectivity index (χ2v) is 8.23. The quantitative estimate of drug-likeness (QED) is 0.504. The van der Waals surface area contributed by atoms with Crippen LogP contribution in [0.1, 0.15) is 54.5 Å². The molecule has 0 saturated heterocycles. The van der Waals surface area contributed by atoms with Gasteiger partial charge in [-0.25, -0.2) is 15.0 Å². The minimum absolute atomic E-state index is 0.0251. The van der Waals surface area contributed by atoms with Gasteiger partial charge in [-0.3, -0.25) is 14.9 Å². The number of nitrogens with one attached hydrogen (secondary N) is 2. The number of halogens is 2. The fraction of sp³-hybridized carbons (Fsp3) is 0.435. The van der Waals surface area contributed by atoms with Gasteiger partial charge in [0.05, 0.1) is 13.2 Å². The van der Waals surface area contributed by atoms with Gasteiger partial charge in [-0.1, -0.05) is 6.58 Å². The maximum atomic E-state index is 13.8. The fourth-order valence-electron chi connectivity index (χ4n) is 2.87. The molecule has 1 unspecified atom stereocenters. The lowest BCUT2D eigenvalue weighted by molar-refractivity contribution is -0.117. The number of rotatable bonds is 10. The average Bonchev–Trinajstić information content (AvgIpc) is 3.62. The molecule has 0 aliphatic heterocycles. The molecule has 2 heterocycles. The molecule has 0 radical (unpaired) electrons. The first kappa shape index (κ1) is 25.0. The lowest BCUT2D eigenvalue weighted by atomic mass is 10.1. The smallest absolute Gasteiger partial charge is 0.302 e. The van der Waals surface area contributed by atoms with Gasteiger partial charge >= 0.3 is 5.92 Å². The van der Waals surface area contributed by atoms with Crippen molar-refractivity contribution < 1.29 is 27.8 Å². The minimum atomic E-state index is -3.21. The molecule has 1 saturated carbocycles. The number of pyridine rings is 1. The van der Waals surface area contributed by atoms with Crippen LogP contribution in [-0.2, 0) is 4.79 Å². The molecule has 9 nitrogen and oxygen atoms in total. The highest BCUT2D eigenvalue weighted by molar-refractivity contribution is 5.95. The van der Waals surface area contributed by atoms with Crippen LogP contribution in [0.3, 0.4) is 0 Å². The zero-order chi connectivity index (χ0) is 25.0. The van der Waals surface area contributed by atoms with Crippen LogP contribution < -0.4 is 20.1 Å². The van der Waals surface area contributed by atoms with E-state index in [9.17, 15) is 18.4 Å². The minimum Gasteiger partial charge on any atom is -0.491 e. The Kier molecular flexibility index (Phi) is 7.43. The largest absolute Gasteiger partial charge is 0.491 e. The Morgan fingerprint density at radius 3 is 2.62 bits per heavy atom. The number of anilines is 1. The van der Waals surface area contributed by atoms with Crippen molar-refractivity contribution in [2.75, 3.05) is 19.0 Å². The predicted molar refractivity (Wildman–Crippen MR) is 120 cm³/mol. The van der Waals surface area contributed by atoms with Crippen molar-refractivity contribution in [1.29, 1.82) is 0 Å². The summed E-state index contributed by atoms with van der Waals surface area (Å²) in [6, 6.07) is 2.52. The van der Waals surface area contributed by atoms with Gasteiger partial charge in [0.2, 0.25) is 11.9 Å². The summed E-state index contributed by atoms with van der Waals surface area (Å²) in [6.45, 7) is 6.95. The number of carbonyl (C=O) groups is 2. The van der Waals surface area contributed by atoms with Gasteiger partial charge in [-0.05, 0) is 56.9 Å². The molecular formula is C23H27F2N5O4. The molecule has 2 aromatic heterocycles. The number of methoxy groups -OCH3 is 1. The van der Waals surface area contributed by atoms with Crippen molar-refractivity contribution in [2.24, 2.45) is 5.92 Å². The van der Waals surface area contributed by atoms with Crippen molar-refractivity contribution in [1.82, 2.24) is 20.3 Å². The first-order valence-electron chi connectivity index (χ1n) is 10.7. The first-order chi connectivity index (χ1) is 16.0. The number of alkyl halides is 2. The fourth-order valence-corrected chi connectivity index (χ4v) is 2.87. The van der Waals surface area contributed by atoms with Crippen LogP contribution in [0.5, 0.6) is 11.6 Å². The van der Waals surface area contributed by atoms with E-state index in [0.29, 0.717) is 11.3 Å². The number of carbonyl (C=O) groups excluding carboxylic acids is 2. The number of ether oxygens (including phenoxy) is 2. The van der Waals surface area contributed by atoms with Gasteiger partial charge in [0.25, 0.3) is 11.8 Å². The summed E-state index contributed by atoms with van der Waals surface area (Å²) in [6.07, 6.45) is 3.06. The third kappa shape index (κ3) is 6.24. The topological polar surface area (TPSA) is 115 Å². The number of hydrogen-bond donors (Lipinski definition) is 2. The molecule has 182 valence electrons. The normalized spacial score (nSPS) is 14.2. The number of aryl methyl sites for hydroxylation is 1. The summed E-state index contributed by atoms with van der Waals surface area (Å²) >= 11 is 0. The average molecular weight is 475 g/mol. The van der Waals surface area contributed by atoms with Crippen LogP contribution >= 0.6 is 0 Å². The molecule has 1 aliphatic carbocycles. The lowest BCUT2D eigenvalue weighted by Crippen LogP contribution is -2.28. The molecule has 0 spiro atoms. The van der Waals surface area contributed by atoms with Gasteiger partial charge in [-0.15, -0.1) is 0 Å². The number of hydrogen-bond acceptors (Lipinski definition) is 7. The Balaban J connectivity index is 1.69. The highest BCUT2D eigenvalue weighted by atomic mass is 19.3. The van der Waals surface area contributed by atoms with Crippen LogP contribution in [0, 0.1) is 12.8 Å². The highest BCUT2D eigenvalue weighted by Gasteiger charge is 2.32. The van der Waals surface area contributed by atoms with Gasteiger partial charge in [-0.2, -0.15) is 8.78 Å². The van der Waals surface area contributed by atoms with Crippen molar-refractivity contribution in [3.8, 4) is 11.6 Å². The summed E-state index contributed by atoms with van der Waals surface area (Å²) in [5.41, 5.74) is 0.842. The maximum Gasteiger partial charge on any atom is 0.302 e. The van der Waals surface area contributed by atoms with E-state index >= 15 is 0 Å². The molecule has 34 heavy (non-hydrogen) atoms. The van der Waals surface area contributed by atoms with E-state index in [1.54, 1.807) is 19.9 Å². The molecule has 11 heteroatoms. The zero-order valence-electron chi connectivity index (χ0n) is 19.4. The Hall–Kier alpha value is -3.63. The SMILES string of the molecule is C=C(C)C(F)(F)COc1ncc(C(C)NC(=O)c2cc(C)nc(NC(=O)C3CC3)n2)cc1OC. The van der Waals surface area contributed by atoms with E-state index in [0.717, 1.165) is 12.8 Å². The first-order valence-corrected chi connectivity index (χ1v) is 10.7. The maximum absolute atomic E-state index is 13.8. The van der Waals surface area contributed by atoms with Gasteiger partial charge in [0.15, 0.2) is 12.4 Å². The molecule has 2 aromatic rings. The molecular weight excluding hydrogens is 448 g/mol. The Bertz CT molecular complexity index is 1100. The number of aromatic nitrogens is 3. The standard InChI is InChI=1S/C23H27F2N5O4/c1-12(2)23(24,25)11-34-21-18(33-5)9-16(10-26-21)14(4)28-20(32)17-8-13(3)27-22(29-17)30-19(31)15-6-7-15/h8-10,14-15H,1,6-7,11H2,2-5H3,(H,28,32)(H,27,29,30,31). The molecule has 2 N–H and O–H groups in total. The summed E-state index contributed by atoms with van der Waals surface area (Å²) in [5.74, 6) is -3.77. The highest BCUT2D eigenvalue weighted by Crippen LogP contribution is 2.31. The third-order valence-corrected chi connectivity index (χ3v) is 5.19. The Labute approximate surface area is 196 Å². The van der Waals surface area contributed by atoms with Crippen LogP contribution in [-0.4, -0.2) is 46.4 Å². The summed E-state index contributed by atoms with van der Waals surface area (Å²) in [4.78, 5) is 37.1. The van der Waals surface area contributed by atoms with Crippen LogP contribution in [0.4, 0.5) is 14.7 Å². The molecule has 3 rings (SSSR count). The molecule has 1 atom stereocenters. The van der Waals surface area contributed by atoms with E-state index in [-0.39, 0.29) is 40.7 Å². The summed E-state index contributed by atoms with van der Waals surface area (Å²) < 4.78 is 37.9. The van der Waals surface area contributed by atoms with Crippen molar-refractivity contribution in [2.45, 2.75) is 45.6 Å². The van der Waals surface area contributed by atoms with E-state index in [1.807, 2.05) is 0 Å². The number of nitrogens with zero attached hydrogens (tertiary/aromatic N) is 3. The molecule has 0 bridgehead atoms. The number of amides is 2. The second kappa shape index (κ2) is 10.1. The Morgan fingerprint density at radius 1 is 1.29 bits per heavy atom. The summed E-state index contributed by atoms with van der Waals surface area (Å²) in [7, 11) is 1.36. The van der Waals surface area contributed by atoms with Gasteiger partial charge in [0.1, 0.15) is 5.69 Å². The molecule has 1 fully saturated rings. The second-order valence-electron chi connectivity index (χ2n) is 8.23. The lowest BCUT2D eigenvalue weighted by Gasteiger charge is -2.19. The summed E-state index contributed by atoms with van der Waals surface area (Å²) in [5, 5.41) is 5.42. The van der Waals surface area contributed by atoms with E-state index in [4.69, 9.17) is 9.47 Å². The van der Waals surface area contributed by atoms with Crippen LogP contribution in [0.25, 0.3) is 0 Å². The molecule has 1 aliphatic rings. The molecule has 2 amide bonds. The van der Waals surface area contributed by atoms with Crippen LogP contribution in [0.15, 0.2) is 30.5 Å². The van der Waals surface area contributed by atoms with E-state index in [1.165, 1.54) is 26.3 Å². The third-order valence-electron chi connectivity index (χ3n) is 5.19. The van der Waals surface area contributed by atoms with Crippen molar-refractivity contribution in [3.63, 3.8) is 0 Å². The van der Waals surface area contributed by atoms with Gasteiger partial charge in [0, 0.05) is 17.8 Å². The zero-order valence-corrected chi connectivity index (χ0v) is 19.4. The van der Waals surface area contributed by atoms with Crippen molar-refractivity contribution >= 4 is 17.8 Å².